The summed E-state index contributed by atoms with van der Waals surface area (Å²) in [6.07, 6.45) is -9.99. The van der Waals surface area contributed by atoms with E-state index in [9.17, 15) is 35.9 Å². The van der Waals surface area contributed by atoms with Crippen LogP contribution >= 0.6 is 0 Å². The van der Waals surface area contributed by atoms with Crippen LogP contribution < -0.4 is 0 Å². The SMILES string of the molecule is O=C1c2nc(C(F)(F)F)n(Cc3ccccc3)c2C(=O)c2nc(C(F)(F)F)[nH]c21. The highest BCUT2D eigenvalue weighted by Gasteiger charge is 2.47. The summed E-state index contributed by atoms with van der Waals surface area (Å²) in [7, 11) is 0. The van der Waals surface area contributed by atoms with Crippen molar-refractivity contribution in [3.8, 4) is 0 Å². The predicted molar refractivity (Wildman–Crippen MR) is 83.2 cm³/mol. The maximum Gasteiger partial charge on any atom is 0.449 e. The Hall–Kier alpha value is -3.44. The lowest BCUT2D eigenvalue weighted by molar-refractivity contribution is -0.147. The molecule has 0 amide bonds. The van der Waals surface area contributed by atoms with Crippen LogP contribution in [0.5, 0.6) is 0 Å². The highest BCUT2D eigenvalue weighted by atomic mass is 19.4. The Labute approximate surface area is 157 Å². The number of H-pyrrole nitrogens is 1. The Bertz CT molecular complexity index is 1140. The van der Waals surface area contributed by atoms with Crippen LogP contribution in [0.4, 0.5) is 26.3 Å². The van der Waals surface area contributed by atoms with Gasteiger partial charge in [-0.2, -0.15) is 26.3 Å². The standard InChI is InChI=1S/C17H8F6N4O2/c18-16(19,20)14-24-8-9(25-14)13(29)11-10(12(8)28)26-15(17(21,22)23)27(11)6-7-4-2-1-3-5-7/h1-5H,6H2,(H,24,25). The molecule has 150 valence electrons. The van der Waals surface area contributed by atoms with E-state index in [1.165, 1.54) is 12.1 Å². The zero-order valence-corrected chi connectivity index (χ0v) is 14.0. The van der Waals surface area contributed by atoms with E-state index in [1.807, 2.05) is 0 Å². The van der Waals surface area contributed by atoms with E-state index in [0.29, 0.717) is 10.1 Å². The number of halogens is 6. The second-order valence-electron chi connectivity index (χ2n) is 6.17. The first-order valence-corrected chi connectivity index (χ1v) is 7.96. The van der Waals surface area contributed by atoms with Gasteiger partial charge in [0.25, 0.3) is 0 Å². The number of nitrogens with zero attached hydrogens (tertiary/aromatic N) is 3. The molecule has 1 aliphatic rings. The Morgan fingerprint density at radius 1 is 0.862 bits per heavy atom. The van der Waals surface area contributed by atoms with E-state index in [2.05, 4.69) is 9.97 Å². The molecule has 0 bridgehead atoms. The van der Waals surface area contributed by atoms with E-state index < -0.39 is 64.9 Å². The van der Waals surface area contributed by atoms with Crippen molar-refractivity contribution in [3.63, 3.8) is 0 Å². The first-order chi connectivity index (χ1) is 13.5. The lowest BCUT2D eigenvalue weighted by Gasteiger charge is -2.14. The van der Waals surface area contributed by atoms with Crippen LogP contribution in [0.25, 0.3) is 0 Å². The zero-order chi connectivity index (χ0) is 21.1. The number of carbonyl (C=O) groups is 2. The monoisotopic (exact) mass is 414 g/mol. The smallest absolute Gasteiger partial charge is 0.331 e. The molecule has 6 nitrogen and oxygen atoms in total. The Balaban J connectivity index is 1.92. The Morgan fingerprint density at radius 3 is 2.10 bits per heavy atom. The third-order valence-electron chi connectivity index (χ3n) is 4.25. The van der Waals surface area contributed by atoms with Gasteiger partial charge in [-0.15, -0.1) is 0 Å². The van der Waals surface area contributed by atoms with Crippen LogP contribution in [0, 0.1) is 0 Å². The van der Waals surface area contributed by atoms with Crippen LogP contribution in [-0.2, 0) is 18.9 Å². The van der Waals surface area contributed by atoms with Crippen molar-refractivity contribution in [1.29, 1.82) is 0 Å². The van der Waals surface area contributed by atoms with Crippen molar-refractivity contribution in [2.45, 2.75) is 18.9 Å². The predicted octanol–water partition coefficient (Wildman–Crippen LogP) is 3.47. The fourth-order valence-electron chi connectivity index (χ4n) is 3.04. The summed E-state index contributed by atoms with van der Waals surface area (Å²) in [6.45, 7) is -0.469. The summed E-state index contributed by atoms with van der Waals surface area (Å²) in [5.74, 6) is -5.62. The van der Waals surface area contributed by atoms with E-state index in [0.717, 1.165) is 0 Å². The van der Waals surface area contributed by atoms with Gasteiger partial charge in [-0.05, 0) is 5.56 Å². The number of hydrogen-bond donors (Lipinski definition) is 1. The van der Waals surface area contributed by atoms with Crippen LogP contribution in [0.1, 0.15) is 49.6 Å². The van der Waals surface area contributed by atoms with Crippen molar-refractivity contribution in [1.82, 2.24) is 19.5 Å². The Kier molecular flexibility index (Phi) is 3.93. The first kappa shape index (κ1) is 18.9. The number of nitrogens with one attached hydrogen (secondary N) is 1. The van der Waals surface area contributed by atoms with Crippen LogP contribution in [0.2, 0.25) is 0 Å². The summed E-state index contributed by atoms with van der Waals surface area (Å²) in [5.41, 5.74) is -2.99. The molecule has 0 saturated carbocycles. The summed E-state index contributed by atoms with van der Waals surface area (Å²) in [6, 6.07) is 7.72. The zero-order valence-electron chi connectivity index (χ0n) is 14.0. The van der Waals surface area contributed by atoms with Gasteiger partial charge in [-0.3, -0.25) is 9.59 Å². The number of rotatable bonds is 2. The van der Waals surface area contributed by atoms with Gasteiger partial charge >= 0.3 is 12.4 Å². The van der Waals surface area contributed by atoms with E-state index >= 15 is 0 Å². The van der Waals surface area contributed by atoms with Crippen molar-refractivity contribution in [2.75, 3.05) is 0 Å². The molecule has 0 radical (unpaired) electrons. The summed E-state index contributed by atoms with van der Waals surface area (Å²) >= 11 is 0. The molecule has 2 aromatic heterocycles. The number of alkyl halides is 6. The molecular weight excluding hydrogens is 406 g/mol. The second kappa shape index (κ2) is 6.03. The molecule has 0 atom stereocenters. The largest absolute Gasteiger partial charge is 0.449 e. The molecule has 0 spiro atoms. The van der Waals surface area contributed by atoms with E-state index in [-0.39, 0.29) is 0 Å². The van der Waals surface area contributed by atoms with Gasteiger partial charge in [0, 0.05) is 6.54 Å². The molecule has 0 saturated heterocycles. The number of hydrogen-bond acceptors (Lipinski definition) is 4. The lowest BCUT2D eigenvalue weighted by atomic mass is 9.99. The molecule has 3 aromatic rings. The summed E-state index contributed by atoms with van der Waals surface area (Å²) in [4.78, 5) is 33.3. The lowest BCUT2D eigenvalue weighted by Crippen LogP contribution is -2.24. The quantitative estimate of drug-likeness (QED) is 0.510. The van der Waals surface area contributed by atoms with Crippen LogP contribution in [-0.4, -0.2) is 31.1 Å². The van der Waals surface area contributed by atoms with E-state index in [1.54, 1.807) is 23.2 Å². The van der Waals surface area contributed by atoms with Crippen molar-refractivity contribution in [3.05, 3.63) is 70.3 Å². The fraction of sp³-hybridized carbons (Fsp3) is 0.176. The summed E-state index contributed by atoms with van der Waals surface area (Å²) < 4.78 is 79.6. The molecule has 1 aromatic carbocycles. The minimum Gasteiger partial charge on any atom is -0.331 e. The molecule has 0 unspecified atom stereocenters. The van der Waals surface area contributed by atoms with Gasteiger partial charge in [0.1, 0.15) is 22.8 Å². The van der Waals surface area contributed by atoms with Gasteiger partial charge in [-0.25, -0.2) is 9.97 Å². The topological polar surface area (TPSA) is 80.6 Å². The molecule has 12 heteroatoms. The normalized spacial score (nSPS) is 14.1. The average molecular weight is 414 g/mol. The number of ketones is 2. The number of carbonyl (C=O) groups excluding carboxylic acids is 2. The van der Waals surface area contributed by atoms with Gasteiger partial charge in [0.05, 0.1) is 0 Å². The van der Waals surface area contributed by atoms with Crippen molar-refractivity contribution < 1.29 is 35.9 Å². The summed E-state index contributed by atoms with van der Waals surface area (Å²) in [5, 5.41) is 0. The van der Waals surface area contributed by atoms with Crippen LogP contribution in [0.3, 0.4) is 0 Å². The number of aromatic amines is 1. The van der Waals surface area contributed by atoms with Gasteiger partial charge in [0.15, 0.2) is 0 Å². The number of fused-ring (bicyclic) bond motifs is 2. The average Bonchev–Trinajstić information content (AvgIpc) is 3.23. The molecule has 4 rings (SSSR count). The molecule has 29 heavy (non-hydrogen) atoms. The van der Waals surface area contributed by atoms with Gasteiger partial charge < -0.3 is 9.55 Å². The number of imidazole rings is 2. The number of benzene rings is 1. The van der Waals surface area contributed by atoms with Crippen LogP contribution in [0.15, 0.2) is 30.3 Å². The Morgan fingerprint density at radius 2 is 1.52 bits per heavy atom. The molecule has 2 heterocycles. The fourth-order valence-corrected chi connectivity index (χ4v) is 3.04. The van der Waals surface area contributed by atoms with Crippen molar-refractivity contribution in [2.24, 2.45) is 0 Å². The maximum absolute atomic E-state index is 13.5. The molecule has 0 fully saturated rings. The van der Waals surface area contributed by atoms with E-state index in [4.69, 9.17) is 0 Å². The molecular formula is C17H8F6N4O2. The minimum atomic E-state index is -5.01. The maximum atomic E-state index is 13.5. The molecule has 1 aliphatic carbocycles. The van der Waals surface area contributed by atoms with Crippen molar-refractivity contribution >= 4 is 11.6 Å². The van der Waals surface area contributed by atoms with Gasteiger partial charge in [-0.1, -0.05) is 30.3 Å². The first-order valence-electron chi connectivity index (χ1n) is 7.96. The molecule has 1 N–H and O–H groups in total. The third-order valence-corrected chi connectivity index (χ3v) is 4.25. The third kappa shape index (κ3) is 3.00. The highest BCUT2D eigenvalue weighted by molar-refractivity contribution is 6.25. The molecule has 0 aliphatic heterocycles. The second-order valence-corrected chi connectivity index (χ2v) is 6.17. The highest BCUT2D eigenvalue weighted by Crippen LogP contribution is 2.36. The minimum absolute atomic E-state index is 0.363. The number of aromatic nitrogens is 4. The van der Waals surface area contributed by atoms with Gasteiger partial charge in [0.2, 0.25) is 23.2 Å².